The van der Waals surface area contributed by atoms with E-state index in [0.717, 1.165) is 13.1 Å². The van der Waals surface area contributed by atoms with Gasteiger partial charge in [-0.1, -0.05) is 0 Å². The number of hydrogen-bond donors (Lipinski definition) is 1. The molecule has 1 aliphatic heterocycles. The van der Waals surface area contributed by atoms with Crippen LogP contribution in [0.1, 0.15) is 24.8 Å². The lowest BCUT2D eigenvalue weighted by Gasteiger charge is -2.32. The van der Waals surface area contributed by atoms with Crippen molar-refractivity contribution < 1.29 is 9.72 Å². The third kappa shape index (κ3) is 6.10. The lowest BCUT2D eigenvalue weighted by molar-refractivity contribution is -0.384. The second kappa shape index (κ2) is 8.92. The monoisotopic (exact) mass is 348 g/mol. The minimum Gasteiger partial charge on any atom is -0.326 e. The van der Waals surface area contributed by atoms with E-state index < -0.39 is 4.92 Å². The highest BCUT2D eigenvalue weighted by atomic mass is 16.6. The van der Waals surface area contributed by atoms with Crippen LogP contribution in [0.3, 0.4) is 0 Å². The number of carbonyl (C=O) groups excluding carboxylic acids is 1. The summed E-state index contributed by atoms with van der Waals surface area (Å²) in [6.45, 7) is 5.77. The number of nitro benzene ring substituents is 1. The van der Waals surface area contributed by atoms with Crippen molar-refractivity contribution in [1.82, 2.24) is 9.80 Å². The van der Waals surface area contributed by atoms with Gasteiger partial charge in [0.1, 0.15) is 0 Å². The average molecular weight is 348 g/mol. The summed E-state index contributed by atoms with van der Waals surface area (Å²) in [5, 5.41) is 13.6. The summed E-state index contributed by atoms with van der Waals surface area (Å²) in [4.78, 5) is 27.1. The number of rotatable bonds is 7. The van der Waals surface area contributed by atoms with Crippen LogP contribution in [0.2, 0.25) is 0 Å². The predicted molar refractivity (Wildman–Crippen MR) is 98.8 cm³/mol. The lowest BCUT2D eigenvalue weighted by Crippen LogP contribution is -2.38. The summed E-state index contributed by atoms with van der Waals surface area (Å²) in [6, 6.07) is 4.47. The van der Waals surface area contributed by atoms with E-state index in [9.17, 15) is 14.9 Å². The van der Waals surface area contributed by atoms with E-state index in [0.29, 0.717) is 30.1 Å². The molecular formula is C18H28N4O3. The Hall–Kier alpha value is -1.99. The molecule has 1 N–H and O–H groups in total. The van der Waals surface area contributed by atoms with E-state index in [4.69, 9.17) is 0 Å². The number of nitrogens with one attached hydrogen (secondary N) is 1. The number of likely N-dealkylation sites (tertiary alicyclic amines) is 1. The van der Waals surface area contributed by atoms with Crippen LogP contribution < -0.4 is 5.32 Å². The molecule has 0 saturated carbocycles. The third-order valence-electron chi connectivity index (χ3n) is 4.71. The Kier molecular flexibility index (Phi) is 6.90. The standard InChI is InChI=1S/C18H28N4O3/c1-14-11-16(22(24)25)6-7-17(14)19-18(23)8-10-21(3)13-15-5-4-9-20(2)12-15/h6-7,11,15H,4-5,8-10,12-13H2,1-3H3,(H,19,23). The molecule has 1 fully saturated rings. The molecule has 0 radical (unpaired) electrons. The van der Waals surface area contributed by atoms with E-state index in [2.05, 4.69) is 29.2 Å². The fraction of sp³-hybridized carbons (Fsp3) is 0.611. The van der Waals surface area contributed by atoms with E-state index in [-0.39, 0.29) is 11.6 Å². The molecule has 1 saturated heterocycles. The van der Waals surface area contributed by atoms with Crippen LogP contribution in [0.4, 0.5) is 11.4 Å². The van der Waals surface area contributed by atoms with Crippen molar-refractivity contribution in [2.24, 2.45) is 5.92 Å². The van der Waals surface area contributed by atoms with Crippen LogP contribution in [0, 0.1) is 23.0 Å². The zero-order valence-corrected chi connectivity index (χ0v) is 15.3. The van der Waals surface area contributed by atoms with Crippen molar-refractivity contribution in [3.8, 4) is 0 Å². The second-order valence-electron chi connectivity index (χ2n) is 7.09. The zero-order valence-electron chi connectivity index (χ0n) is 15.3. The van der Waals surface area contributed by atoms with Crippen LogP contribution in [0.5, 0.6) is 0 Å². The van der Waals surface area contributed by atoms with Crippen molar-refractivity contribution in [1.29, 1.82) is 0 Å². The Morgan fingerprint density at radius 2 is 2.24 bits per heavy atom. The Morgan fingerprint density at radius 1 is 1.48 bits per heavy atom. The molecule has 2 rings (SSSR count). The van der Waals surface area contributed by atoms with E-state index in [1.165, 1.54) is 31.5 Å². The first-order chi connectivity index (χ1) is 11.8. The minimum atomic E-state index is -0.434. The van der Waals surface area contributed by atoms with Crippen LogP contribution >= 0.6 is 0 Å². The Labute approximate surface area is 149 Å². The maximum atomic E-state index is 12.2. The third-order valence-corrected chi connectivity index (χ3v) is 4.71. The van der Waals surface area contributed by atoms with E-state index in [1.807, 2.05) is 0 Å². The summed E-state index contributed by atoms with van der Waals surface area (Å²) in [7, 11) is 4.21. The number of amides is 1. The number of anilines is 1. The number of aryl methyl sites for hydroxylation is 1. The summed E-state index contributed by atoms with van der Waals surface area (Å²) in [6.07, 6.45) is 2.91. The Balaban J connectivity index is 1.77. The maximum Gasteiger partial charge on any atom is 0.269 e. The summed E-state index contributed by atoms with van der Waals surface area (Å²) in [5.74, 6) is 0.605. The van der Waals surface area contributed by atoms with Crippen LogP contribution in [-0.4, -0.2) is 60.9 Å². The summed E-state index contributed by atoms with van der Waals surface area (Å²) >= 11 is 0. The minimum absolute atomic E-state index is 0.0349. The normalized spacial score (nSPS) is 18.3. The van der Waals surface area contributed by atoms with Crippen molar-refractivity contribution in [2.45, 2.75) is 26.2 Å². The van der Waals surface area contributed by atoms with Crippen LogP contribution in [0.15, 0.2) is 18.2 Å². The first kappa shape index (κ1) is 19.3. The van der Waals surface area contributed by atoms with Gasteiger partial charge in [0.15, 0.2) is 0 Å². The SMILES string of the molecule is Cc1cc([N+](=O)[O-])ccc1NC(=O)CCN(C)CC1CCCN(C)C1. The molecular weight excluding hydrogens is 320 g/mol. The molecule has 7 nitrogen and oxygen atoms in total. The quantitative estimate of drug-likeness (QED) is 0.605. The predicted octanol–water partition coefficient (Wildman–Crippen LogP) is 2.51. The maximum absolute atomic E-state index is 12.2. The van der Waals surface area contributed by atoms with Gasteiger partial charge in [-0.15, -0.1) is 0 Å². The molecule has 1 amide bonds. The van der Waals surface area contributed by atoms with E-state index >= 15 is 0 Å². The van der Waals surface area contributed by atoms with Crippen LogP contribution in [-0.2, 0) is 4.79 Å². The van der Waals surface area contributed by atoms with Crippen molar-refractivity contribution >= 4 is 17.3 Å². The lowest BCUT2D eigenvalue weighted by atomic mass is 9.98. The molecule has 1 atom stereocenters. The van der Waals surface area contributed by atoms with Gasteiger partial charge in [0, 0.05) is 43.9 Å². The fourth-order valence-electron chi connectivity index (χ4n) is 3.36. The molecule has 1 aromatic carbocycles. The van der Waals surface area contributed by atoms with Gasteiger partial charge in [-0.2, -0.15) is 0 Å². The number of hydrogen-bond acceptors (Lipinski definition) is 5. The van der Waals surface area contributed by atoms with Gasteiger partial charge in [-0.25, -0.2) is 0 Å². The molecule has 138 valence electrons. The van der Waals surface area contributed by atoms with Crippen molar-refractivity contribution in [3.63, 3.8) is 0 Å². The first-order valence-corrected chi connectivity index (χ1v) is 8.77. The number of benzene rings is 1. The molecule has 0 spiro atoms. The van der Waals surface area contributed by atoms with Gasteiger partial charge >= 0.3 is 0 Å². The van der Waals surface area contributed by atoms with Gasteiger partial charge in [0.05, 0.1) is 4.92 Å². The van der Waals surface area contributed by atoms with Crippen molar-refractivity contribution in [2.75, 3.05) is 45.6 Å². The highest BCUT2D eigenvalue weighted by molar-refractivity contribution is 5.91. The largest absolute Gasteiger partial charge is 0.326 e. The molecule has 1 aliphatic rings. The van der Waals surface area contributed by atoms with Gasteiger partial charge in [0.25, 0.3) is 5.69 Å². The highest BCUT2D eigenvalue weighted by Gasteiger charge is 2.19. The molecule has 0 bridgehead atoms. The van der Waals surface area contributed by atoms with Gasteiger partial charge in [0.2, 0.25) is 5.91 Å². The Morgan fingerprint density at radius 3 is 2.88 bits per heavy atom. The van der Waals surface area contributed by atoms with Gasteiger partial charge < -0.3 is 15.1 Å². The first-order valence-electron chi connectivity index (χ1n) is 8.77. The zero-order chi connectivity index (χ0) is 18.4. The molecule has 1 unspecified atom stereocenters. The highest BCUT2D eigenvalue weighted by Crippen LogP contribution is 2.21. The number of nitrogens with zero attached hydrogens (tertiary/aromatic N) is 3. The Bertz CT molecular complexity index is 620. The van der Waals surface area contributed by atoms with Gasteiger partial charge in [-0.05, 0) is 58.0 Å². The summed E-state index contributed by atoms with van der Waals surface area (Å²) in [5.41, 5.74) is 1.36. The molecule has 25 heavy (non-hydrogen) atoms. The van der Waals surface area contributed by atoms with Crippen molar-refractivity contribution in [3.05, 3.63) is 33.9 Å². The number of piperidine rings is 1. The van der Waals surface area contributed by atoms with Crippen LogP contribution in [0.25, 0.3) is 0 Å². The summed E-state index contributed by atoms with van der Waals surface area (Å²) < 4.78 is 0. The molecule has 1 aromatic rings. The topological polar surface area (TPSA) is 78.7 Å². The average Bonchev–Trinajstić information content (AvgIpc) is 2.54. The molecule has 7 heteroatoms. The van der Waals surface area contributed by atoms with E-state index in [1.54, 1.807) is 13.0 Å². The second-order valence-corrected chi connectivity index (χ2v) is 7.09. The molecule has 1 heterocycles. The fourth-order valence-corrected chi connectivity index (χ4v) is 3.36. The molecule has 0 aromatic heterocycles. The number of nitro groups is 1. The number of carbonyl (C=O) groups is 1. The number of non-ortho nitro benzene ring substituents is 1. The smallest absolute Gasteiger partial charge is 0.269 e. The molecule has 0 aliphatic carbocycles. The van der Waals surface area contributed by atoms with Gasteiger partial charge in [-0.3, -0.25) is 14.9 Å².